The maximum absolute atomic E-state index is 12.7. The van der Waals surface area contributed by atoms with Crippen molar-refractivity contribution >= 4 is 17.3 Å². The quantitative estimate of drug-likeness (QED) is 0.753. The average molecular weight is 357 g/mol. The van der Waals surface area contributed by atoms with Gasteiger partial charge in [0.1, 0.15) is 0 Å². The number of benzene rings is 2. The molecule has 136 valence electrons. The van der Waals surface area contributed by atoms with Crippen molar-refractivity contribution in [3.05, 3.63) is 89.2 Å². The van der Waals surface area contributed by atoms with Gasteiger partial charge in [-0.25, -0.2) is 0 Å². The van der Waals surface area contributed by atoms with Crippen LogP contribution in [-0.2, 0) is 13.0 Å². The zero-order chi connectivity index (χ0) is 18.8. The first-order valence-corrected chi connectivity index (χ1v) is 9.28. The molecular formula is C23H23N3O. The Kier molecular flexibility index (Phi) is 4.63. The molecule has 1 aliphatic heterocycles. The molecule has 0 saturated carbocycles. The van der Waals surface area contributed by atoms with E-state index in [0.717, 1.165) is 17.7 Å². The molecule has 2 aromatic carbocycles. The highest BCUT2D eigenvalue weighted by Crippen LogP contribution is 2.37. The zero-order valence-electron chi connectivity index (χ0n) is 15.6. The van der Waals surface area contributed by atoms with Gasteiger partial charge >= 0.3 is 0 Å². The normalized spacial score (nSPS) is 15.5. The molecule has 4 rings (SSSR count). The number of fused-ring (bicyclic) bond motifs is 1. The number of aryl methyl sites for hydroxylation is 1. The van der Waals surface area contributed by atoms with Crippen molar-refractivity contribution in [2.75, 3.05) is 4.90 Å². The van der Waals surface area contributed by atoms with Crippen LogP contribution in [0.15, 0.2) is 67.0 Å². The Morgan fingerprint density at radius 2 is 1.93 bits per heavy atom. The number of anilines is 2. The Labute approximate surface area is 159 Å². The van der Waals surface area contributed by atoms with Crippen molar-refractivity contribution in [3.8, 4) is 0 Å². The fourth-order valence-electron chi connectivity index (χ4n) is 3.73. The van der Waals surface area contributed by atoms with Gasteiger partial charge in [-0.15, -0.1) is 0 Å². The molecule has 0 radical (unpaired) electrons. The number of nitrogens with zero attached hydrogens (tertiary/aromatic N) is 2. The molecule has 1 atom stereocenters. The Bertz CT molecular complexity index is 983. The molecule has 0 fully saturated rings. The Morgan fingerprint density at radius 3 is 2.78 bits per heavy atom. The summed E-state index contributed by atoms with van der Waals surface area (Å²) in [5.41, 5.74) is 6.36. The van der Waals surface area contributed by atoms with Gasteiger partial charge in [0.05, 0.1) is 17.4 Å². The Hall–Kier alpha value is -3.14. The molecule has 1 unspecified atom stereocenters. The minimum atomic E-state index is -0.104. The van der Waals surface area contributed by atoms with Gasteiger partial charge in [-0.3, -0.25) is 9.78 Å². The molecule has 27 heavy (non-hydrogen) atoms. The summed E-state index contributed by atoms with van der Waals surface area (Å²) in [6, 6.07) is 18.8. The molecule has 2 heterocycles. The monoisotopic (exact) mass is 357 g/mol. The predicted molar refractivity (Wildman–Crippen MR) is 108 cm³/mol. The second-order valence-electron chi connectivity index (χ2n) is 7.09. The van der Waals surface area contributed by atoms with Crippen LogP contribution < -0.4 is 10.2 Å². The Balaban J connectivity index is 1.54. The highest BCUT2D eigenvalue weighted by Gasteiger charge is 2.27. The van der Waals surface area contributed by atoms with E-state index in [0.29, 0.717) is 18.2 Å². The molecule has 1 N–H and O–H groups in total. The van der Waals surface area contributed by atoms with Crippen LogP contribution in [0.5, 0.6) is 0 Å². The fraction of sp³-hybridized carbons (Fsp3) is 0.217. The molecule has 0 spiro atoms. The lowest BCUT2D eigenvalue weighted by Crippen LogP contribution is -2.26. The third-order valence-corrected chi connectivity index (χ3v) is 5.17. The summed E-state index contributed by atoms with van der Waals surface area (Å²) in [4.78, 5) is 19.2. The first-order chi connectivity index (χ1) is 13.1. The Morgan fingerprint density at radius 1 is 1.15 bits per heavy atom. The lowest BCUT2D eigenvalue weighted by atomic mass is 10.1. The van der Waals surface area contributed by atoms with Gasteiger partial charge in [-0.05, 0) is 49.1 Å². The fourth-order valence-corrected chi connectivity index (χ4v) is 3.73. The number of hydrogen-bond donors (Lipinski definition) is 1. The van der Waals surface area contributed by atoms with Gasteiger partial charge in [0.15, 0.2) is 0 Å². The van der Waals surface area contributed by atoms with Crippen molar-refractivity contribution in [1.82, 2.24) is 10.3 Å². The van der Waals surface area contributed by atoms with Crippen LogP contribution in [0.1, 0.15) is 34.0 Å². The van der Waals surface area contributed by atoms with Crippen molar-refractivity contribution in [1.29, 1.82) is 0 Å². The lowest BCUT2D eigenvalue weighted by molar-refractivity contribution is 0.0950. The van der Waals surface area contributed by atoms with Crippen LogP contribution in [0.4, 0.5) is 11.4 Å². The van der Waals surface area contributed by atoms with Crippen LogP contribution in [0.25, 0.3) is 0 Å². The second-order valence-corrected chi connectivity index (χ2v) is 7.09. The van der Waals surface area contributed by atoms with Crippen LogP contribution in [0, 0.1) is 6.92 Å². The number of pyridine rings is 1. The summed E-state index contributed by atoms with van der Waals surface area (Å²) in [6.07, 6.45) is 4.46. The number of carbonyl (C=O) groups excluding carboxylic acids is 1. The van der Waals surface area contributed by atoms with Crippen molar-refractivity contribution in [2.24, 2.45) is 0 Å². The molecule has 4 heteroatoms. The van der Waals surface area contributed by atoms with E-state index in [1.165, 1.54) is 16.8 Å². The number of aromatic nitrogens is 1. The van der Waals surface area contributed by atoms with E-state index in [2.05, 4.69) is 59.4 Å². The summed E-state index contributed by atoms with van der Waals surface area (Å²) in [6.45, 7) is 4.76. The minimum Gasteiger partial charge on any atom is -0.348 e. The van der Waals surface area contributed by atoms with E-state index in [9.17, 15) is 4.79 Å². The van der Waals surface area contributed by atoms with E-state index >= 15 is 0 Å². The average Bonchev–Trinajstić information content (AvgIpc) is 3.03. The van der Waals surface area contributed by atoms with Gasteiger partial charge in [0.25, 0.3) is 5.91 Å². The second kappa shape index (κ2) is 7.23. The van der Waals surface area contributed by atoms with Gasteiger partial charge in [-0.1, -0.05) is 42.5 Å². The topological polar surface area (TPSA) is 45.2 Å². The number of para-hydroxylation sites is 1. The molecule has 1 aliphatic rings. The molecular weight excluding hydrogens is 334 g/mol. The molecule has 0 aliphatic carbocycles. The summed E-state index contributed by atoms with van der Waals surface area (Å²) in [5.74, 6) is -0.104. The lowest BCUT2D eigenvalue weighted by Gasteiger charge is -2.25. The van der Waals surface area contributed by atoms with E-state index in [4.69, 9.17) is 0 Å². The summed E-state index contributed by atoms with van der Waals surface area (Å²) < 4.78 is 0. The zero-order valence-corrected chi connectivity index (χ0v) is 15.6. The summed E-state index contributed by atoms with van der Waals surface area (Å²) in [5, 5.41) is 3.01. The largest absolute Gasteiger partial charge is 0.348 e. The standard InChI is InChI=1S/C23H23N3O/c1-16-7-3-4-9-19(16)14-25-23(27)20-12-21(15-24-13-20)26-17(2)11-18-8-5-6-10-22(18)26/h3-10,12-13,15,17H,11,14H2,1-2H3,(H,25,27). The van der Waals surface area contributed by atoms with E-state index in [1.807, 2.05) is 30.5 Å². The van der Waals surface area contributed by atoms with Crippen LogP contribution in [0.3, 0.4) is 0 Å². The van der Waals surface area contributed by atoms with Crippen molar-refractivity contribution in [2.45, 2.75) is 32.9 Å². The summed E-state index contributed by atoms with van der Waals surface area (Å²) >= 11 is 0. The predicted octanol–water partition coefficient (Wildman–Crippen LogP) is 4.40. The van der Waals surface area contributed by atoms with Gasteiger partial charge in [-0.2, -0.15) is 0 Å². The molecule has 4 nitrogen and oxygen atoms in total. The maximum Gasteiger partial charge on any atom is 0.253 e. The van der Waals surface area contributed by atoms with E-state index < -0.39 is 0 Å². The highest BCUT2D eigenvalue weighted by atomic mass is 16.1. The third kappa shape index (κ3) is 3.43. The number of amides is 1. The molecule has 0 bridgehead atoms. The van der Waals surface area contributed by atoms with E-state index in [1.54, 1.807) is 6.20 Å². The maximum atomic E-state index is 12.7. The number of nitrogens with one attached hydrogen (secondary N) is 1. The molecule has 3 aromatic rings. The summed E-state index contributed by atoms with van der Waals surface area (Å²) in [7, 11) is 0. The van der Waals surface area contributed by atoms with Crippen molar-refractivity contribution < 1.29 is 4.79 Å². The van der Waals surface area contributed by atoms with Crippen LogP contribution >= 0.6 is 0 Å². The SMILES string of the molecule is Cc1ccccc1CNC(=O)c1cncc(N2c3ccccc3CC2C)c1. The number of hydrogen-bond acceptors (Lipinski definition) is 3. The first kappa shape index (κ1) is 17.3. The third-order valence-electron chi connectivity index (χ3n) is 5.17. The molecule has 1 aromatic heterocycles. The number of rotatable bonds is 4. The smallest absolute Gasteiger partial charge is 0.253 e. The van der Waals surface area contributed by atoms with Crippen molar-refractivity contribution in [3.63, 3.8) is 0 Å². The van der Waals surface area contributed by atoms with Gasteiger partial charge < -0.3 is 10.2 Å². The van der Waals surface area contributed by atoms with Crippen LogP contribution in [0.2, 0.25) is 0 Å². The minimum absolute atomic E-state index is 0.104. The number of carbonyl (C=O) groups is 1. The van der Waals surface area contributed by atoms with Gasteiger partial charge in [0.2, 0.25) is 0 Å². The van der Waals surface area contributed by atoms with E-state index in [-0.39, 0.29) is 5.91 Å². The first-order valence-electron chi connectivity index (χ1n) is 9.28. The van der Waals surface area contributed by atoms with Gasteiger partial charge in [0, 0.05) is 24.5 Å². The van der Waals surface area contributed by atoms with Crippen LogP contribution in [-0.4, -0.2) is 16.9 Å². The highest BCUT2D eigenvalue weighted by molar-refractivity contribution is 5.95. The molecule has 1 amide bonds. The molecule has 0 saturated heterocycles.